The molecule has 1 fully saturated rings. The second-order valence-electron chi connectivity index (χ2n) is 5.64. The number of hydrogen-bond acceptors (Lipinski definition) is 4. The molecule has 0 aliphatic carbocycles. The number of aromatic nitrogens is 1. The predicted octanol–water partition coefficient (Wildman–Crippen LogP) is 0.916. The first-order chi connectivity index (χ1) is 8.36. The van der Waals surface area contributed by atoms with Crippen molar-refractivity contribution in [1.82, 2.24) is 4.98 Å². The Kier molecular flexibility index (Phi) is 3.49. The Morgan fingerprint density at radius 1 is 1.17 bits per heavy atom. The van der Waals surface area contributed by atoms with Crippen molar-refractivity contribution in [2.24, 2.45) is 0 Å². The van der Waals surface area contributed by atoms with E-state index in [1.54, 1.807) is 6.20 Å². The molecule has 2 heterocycles. The van der Waals surface area contributed by atoms with Gasteiger partial charge < -0.3 is 14.4 Å². The zero-order chi connectivity index (χ0) is 13.4. The lowest BCUT2D eigenvalue weighted by Gasteiger charge is -2.32. The molecule has 98 valence electrons. The fraction of sp³-hybridized carbons (Fsp3) is 0.615. The smallest absolute Gasteiger partial charge is 0.399 e. The van der Waals surface area contributed by atoms with Gasteiger partial charge in [0, 0.05) is 30.4 Å². The van der Waals surface area contributed by atoms with E-state index >= 15 is 0 Å². The van der Waals surface area contributed by atoms with Crippen molar-refractivity contribution < 1.29 is 14.4 Å². The van der Waals surface area contributed by atoms with E-state index in [4.69, 9.17) is 14.4 Å². The van der Waals surface area contributed by atoms with Crippen molar-refractivity contribution in [2.45, 2.75) is 45.3 Å². The predicted molar refractivity (Wildman–Crippen MR) is 70.7 cm³/mol. The van der Waals surface area contributed by atoms with Crippen LogP contribution >= 0.6 is 0 Å². The van der Waals surface area contributed by atoms with Crippen LogP contribution in [0.15, 0.2) is 18.3 Å². The van der Waals surface area contributed by atoms with E-state index in [0.29, 0.717) is 6.42 Å². The van der Waals surface area contributed by atoms with Crippen LogP contribution in [0.2, 0.25) is 0 Å². The Balaban J connectivity index is 2.14. The van der Waals surface area contributed by atoms with Crippen LogP contribution in [0.25, 0.3) is 0 Å². The Labute approximate surface area is 108 Å². The first-order valence-electron chi connectivity index (χ1n) is 6.27. The third-order valence-corrected chi connectivity index (χ3v) is 3.74. The highest BCUT2D eigenvalue weighted by molar-refractivity contribution is 6.62. The summed E-state index contributed by atoms with van der Waals surface area (Å²) in [5.74, 6) is 0. The maximum atomic E-state index is 8.85. The fourth-order valence-electron chi connectivity index (χ4n) is 1.82. The van der Waals surface area contributed by atoms with Crippen LogP contribution in [0, 0.1) is 0 Å². The Morgan fingerprint density at radius 2 is 1.78 bits per heavy atom. The summed E-state index contributed by atoms with van der Waals surface area (Å²) in [7, 11) is -0.370. The zero-order valence-electron chi connectivity index (χ0n) is 11.4. The maximum absolute atomic E-state index is 8.85. The average Bonchev–Trinajstić information content (AvgIpc) is 2.50. The molecule has 18 heavy (non-hydrogen) atoms. The average molecular weight is 249 g/mol. The van der Waals surface area contributed by atoms with E-state index in [1.165, 1.54) is 0 Å². The highest BCUT2D eigenvalue weighted by Crippen LogP contribution is 2.36. The van der Waals surface area contributed by atoms with Gasteiger partial charge in [0.05, 0.1) is 11.2 Å². The van der Waals surface area contributed by atoms with Crippen molar-refractivity contribution in [3.8, 4) is 0 Å². The lowest BCUT2D eigenvalue weighted by Crippen LogP contribution is -2.41. The monoisotopic (exact) mass is 249 g/mol. The summed E-state index contributed by atoms with van der Waals surface area (Å²) in [6.45, 7) is 8.23. The molecule has 1 aromatic heterocycles. The highest BCUT2D eigenvalue weighted by atomic mass is 16.7. The zero-order valence-corrected chi connectivity index (χ0v) is 11.4. The van der Waals surface area contributed by atoms with Crippen LogP contribution in [0.4, 0.5) is 0 Å². The minimum absolute atomic E-state index is 0.114. The Bertz CT molecular complexity index is 401. The Hall–Kier alpha value is -0.905. The fourth-order valence-corrected chi connectivity index (χ4v) is 1.82. The van der Waals surface area contributed by atoms with E-state index < -0.39 is 0 Å². The number of aliphatic hydroxyl groups excluding tert-OH is 1. The third kappa shape index (κ3) is 2.43. The van der Waals surface area contributed by atoms with Gasteiger partial charge in [0.25, 0.3) is 0 Å². The summed E-state index contributed by atoms with van der Waals surface area (Å²) in [6.07, 6.45) is 2.33. The van der Waals surface area contributed by atoms with Gasteiger partial charge in [0.1, 0.15) is 0 Å². The summed E-state index contributed by atoms with van der Waals surface area (Å²) in [5, 5.41) is 8.85. The number of rotatable bonds is 3. The van der Waals surface area contributed by atoms with Gasteiger partial charge >= 0.3 is 7.12 Å². The third-order valence-electron chi connectivity index (χ3n) is 3.74. The molecule has 0 aromatic carbocycles. The summed E-state index contributed by atoms with van der Waals surface area (Å²) >= 11 is 0. The molecule has 0 saturated carbocycles. The van der Waals surface area contributed by atoms with Gasteiger partial charge in [0.2, 0.25) is 0 Å². The normalized spacial score (nSPS) is 21.3. The summed E-state index contributed by atoms with van der Waals surface area (Å²) in [4.78, 5) is 4.29. The molecule has 5 heteroatoms. The molecule has 0 unspecified atom stereocenters. The van der Waals surface area contributed by atoms with Gasteiger partial charge in [-0.3, -0.25) is 4.98 Å². The molecule has 1 aliphatic rings. The van der Waals surface area contributed by atoms with E-state index in [-0.39, 0.29) is 24.9 Å². The van der Waals surface area contributed by atoms with Gasteiger partial charge in [-0.15, -0.1) is 0 Å². The number of pyridine rings is 1. The molecule has 0 bridgehead atoms. The van der Waals surface area contributed by atoms with Crippen LogP contribution in [0.1, 0.15) is 33.4 Å². The van der Waals surface area contributed by atoms with Gasteiger partial charge in [-0.05, 0) is 33.8 Å². The maximum Gasteiger partial charge on any atom is 0.496 e. The summed E-state index contributed by atoms with van der Waals surface area (Å²) in [5.41, 5.74) is 1.12. The molecule has 0 atom stereocenters. The van der Waals surface area contributed by atoms with Crippen LogP contribution in [-0.2, 0) is 15.7 Å². The molecule has 1 N–H and O–H groups in total. The molecular formula is C13H20BNO3. The number of hydrogen-bond donors (Lipinski definition) is 1. The molecule has 4 nitrogen and oxygen atoms in total. The Morgan fingerprint density at radius 3 is 2.22 bits per heavy atom. The molecule has 1 aliphatic heterocycles. The van der Waals surface area contributed by atoms with Crippen molar-refractivity contribution in [1.29, 1.82) is 0 Å². The van der Waals surface area contributed by atoms with Crippen LogP contribution in [0.3, 0.4) is 0 Å². The van der Waals surface area contributed by atoms with Crippen LogP contribution < -0.4 is 5.46 Å². The molecule has 0 spiro atoms. The van der Waals surface area contributed by atoms with Gasteiger partial charge in [-0.1, -0.05) is 6.07 Å². The molecule has 1 aromatic rings. The quantitative estimate of drug-likeness (QED) is 0.809. The molecule has 2 rings (SSSR count). The molecular weight excluding hydrogens is 229 g/mol. The first-order valence-corrected chi connectivity index (χ1v) is 6.27. The van der Waals surface area contributed by atoms with Crippen molar-refractivity contribution in [2.75, 3.05) is 6.61 Å². The van der Waals surface area contributed by atoms with E-state index in [2.05, 4.69) is 4.98 Å². The lowest BCUT2D eigenvalue weighted by molar-refractivity contribution is 0.00578. The van der Waals surface area contributed by atoms with Crippen LogP contribution in [-0.4, -0.2) is 35.0 Å². The van der Waals surface area contributed by atoms with Crippen LogP contribution in [0.5, 0.6) is 0 Å². The molecule has 1 saturated heterocycles. The van der Waals surface area contributed by atoms with E-state index in [1.807, 2.05) is 39.8 Å². The summed E-state index contributed by atoms with van der Waals surface area (Å²) in [6, 6.07) is 3.84. The number of nitrogens with zero attached hydrogens (tertiary/aromatic N) is 1. The summed E-state index contributed by atoms with van der Waals surface area (Å²) < 4.78 is 11.9. The SMILES string of the molecule is CC1(C)OB(c2ccc(CCO)nc2)OC1(C)C. The first kappa shape index (κ1) is 13.5. The minimum Gasteiger partial charge on any atom is -0.399 e. The number of aliphatic hydroxyl groups is 1. The highest BCUT2D eigenvalue weighted by Gasteiger charge is 2.51. The molecule has 0 radical (unpaired) electrons. The second-order valence-corrected chi connectivity index (χ2v) is 5.64. The van der Waals surface area contributed by atoms with Gasteiger partial charge in [-0.2, -0.15) is 0 Å². The standard InChI is InChI=1S/C13H20BNO3/c1-12(2)13(3,4)18-14(17-12)10-5-6-11(7-8-16)15-9-10/h5-6,9,16H,7-8H2,1-4H3. The van der Waals surface area contributed by atoms with E-state index in [0.717, 1.165) is 11.2 Å². The van der Waals surface area contributed by atoms with Gasteiger partial charge in [-0.25, -0.2) is 0 Å². The lowest BCUT2D eigenvalue weighted by atomic mass is 9.80. The topological polar surface area (TPSA) is 51.6 Å². The second kappa shape index (κ2) is 4.65. The van der Waals surface area contributed by atoms with Crippen molar-refractivity contribution in [3.05, 3.63) is 24.0 Å². The van der Waals surface area contributed by atoms with Gasteiger partial charge in [0.15, 0.2) is 0 Å². The van der Waals surface area contributed by atoms with Crippen molar-refractivity contribution >= 4 is 12.6 Å². The van der Waals surface area contributed by atoms with Crippen molar-refractivity contribution in [3.63, 3.8) is 0 Å². The minimum atomic E-state index is -0.370. The van der Waals surface area contributed by atoms with E-state index in [9.17, 15) is 0 Å². The largest absolute Gasteiger partial charge is 0.496 e. The molecule has 0 amide bonds.